The molecule has 54 valence electrons. The Labute approximate surface area is 74.7 Å². The van der Waals surface area contributed by atoms with Crippen molar-refractivity contribution in [2.45, 2.75) is 0 Å². The molecule has 1 rings (SSSR count). The molecule has 0 aliphatic carbocycles. The summed E-state index contributed by atoms with van der Waals surface area (Å²) >= 11 is 6.10. The van der Waals surface area contributed by atoms with Gasteiger partial charge in [0, 0.05) is 4.47 Å². The van der Waals surface area contributed by atoms with Crippen LogP contribution in [-0.4, -0.2) is 0 Å². The lowest BCUT2D eigenvalue weighted by atomic mass is 10.3. The van der Waals surface area contributed by atoms with Gasteiger partial charge in [0.25, 0.3) is 0 Å². The van der Waals surface area contributed by atoms with E-state index in [4.69, 9.17) is 5.73 Å². The molecule has 0 aliphatic rings. The number of rotatable bonds is 0. The van der Waals surface area contributed by atoms with Crippen LogP contribution in [0, 0.1) is 5.82 Å². The van der Waals surface area contributed by atoms with Gasteiger partial charge < -0.3 is 5.73 Å². The average Bonchev–Trinajstić information content (AvgIpc) is 1.93. The quantitative estimate of drug-likeness (QED) is 0.568. The first-order valence-electron chi connectivity index (χ1n) is 2.52. The Hall–Kier alpha value is -0.0900. The van der Waals surface area contributed by atoms with Gasteiger partial charge in [-0.3, -0.25) is 0 Å². The molecule has 0 amide bonds. The molecule has 0 bridgehead atoms. The van der Waals surface area contributed by atoms with E-state index in [2.05, 4.69) is 31.9 Å². The zero-order chi connectivity index (χ0) is 7.72. The van der Waals surface area contributed by atoms with Gasteiger partial charge in [0.1, 0.15) is 0 Å². The number of nitrogen functional groups attached to an aromatic ring is 1. The predicted molar refractivity (Wildman–Crippen MR) is 46.2 cm³/mol. The Kier molecular flexibility index (Phi) is 2.31. The average molecular weight is 269 g/mol. The third kappa shape index (κ3) is 1.32. The van der Waals surface area contributed by atoms with Crippen molar-refractivity contribution in [2.24, 2.45) is 0 Å². The molecule has 0 aromatic heterocycles. The maximum Gasteiger partial charge on any atom is 0.161 e. The SMILES string of the molecule is Nc1c(Br)ccc(Br)c1F. The van der Waals surface area contributed by atoms with Crippen molar-refractivity contribution in [1.29, 1.82) is 0 Å². The smallest absolute Gasteiger partial charge is 0.161 e. The van der Waals surface area contributed by atoms with Crippen LogP contribution in [0.25, 0.3) is 0 Å². The van der Waals surface area contributed by atoms with E-state index in [1.807, 2.05) is 0 Å². The zero-order valence-electron chi connectivity index (χ0n) is 4.87. The van der Waals surface area contributed by atoms with Crippen LogP contribution in [0.1, 0.15) is 0 Å². The van der Waals surface area contributed by atoms with Crippen molar-refractivity contribution in [3.8, 4) is 0 Å². The van der Waals surface area contributed by atoms with Gasteiger partial charge in [0.15, 0.2) is 5.82 Å². The van der Waals surface area contributed by atoms with Gasteiger partial charge in [0.2, 0.25) is 0 Å². The summed E-state index contributed by atoms with van der Waals surface area (Å²) in [5.41, 5.74) is 5.46. The van der Waals surface area contributed by atoms with E-state index < -0.39 is 5.82 Å². The summed E-state index contributed by atoms with van der Waals surface area (Å²) in [5, 5.41) is 0. The highest BCUT2D eigenvalue weighted by molar-refractivity contribution is 9.11. The summed E-state index contributed by atoms with van der Waals surface area (Å²) in [6.45, 7) is 0. The summed E-state index contributed by atoms with van der Waals surface area (Å²) in [7, 11) is 0. The van der Waals surface area contributed by atoms with Crippen LogP contribution in [0.5, 0.6) is 0 Å². The minimum absolute atomic E-state index is 0.134. The molecule has 0 atom stereocenters. The highest BCUT2D eigenvalue weighted by Gasteiger charge is 2.05. The van der Waals surface area contributed by atoms with Gasteiger partial charge in [-0.2, -0.15) is 0 Å². The summed E-state index contributed by atoms with van der Waals surface area (Å²) in [6.07, 6.45) is 0. The van der Waals surface area contributed by atoms with Crippen molar-refractivity contribution >= 4 is 37.5 Å². The van der Waals surface area contributed by atoms with Gasteiger partial charge in [-0.05, 0) is 44.0 Å². The molecule has 0 saturated carbocycles. The molecule has 0 heterocycles. The first-order chi connectivity index (χ1) is 4.63. The maximum absolute atomic E-state index is 12.8. The lowest BCUT2D eigenvalue weighted by Crippen LogP contribution is -1.91. The number of halogens is 3. The zero-order valence-corrected chi connectivity index (χ0v) is 8.04. The molecule has 1 aromatic rings. The lowest BCUT2D eigenvalue weighted by molar-refractivity contribution is 0.625. The number of benzene rings is 1. The third-order valence-corrected chi connectivity index (χ3v) is 2.38. The van der Waals surface area contributed by atoms with Crippen LogP contribution < -0.4 is 5.73 Å². The monoisotopic (exact) mass is 267 g/mol. The van der Waals surface area contributed by atoms with E-state index in [1.54, 1.807) is 12.1 Å². The second kappa shape index (κ2) is 2.88. The number of hydrogen-bond donors (Lipinski definition) is 1. The van der Waals surface area contributed by atoms with Gasteiger partial charge in [-0.25, -0.2) is 4.39 Å². The first kappa shape index (κ1) is 8.01. The highest BCUT2D eigenvalue weighted by Crippen LogP contribution is 2.27. The fourth-order valence-corrected chi connectivity index (χ4v) is 1.19. The molecule has 1 aromatic carbocycles. The van der Waals surface area contributed by atoms with Crippen LogP contribution in [0.3, 0.4) is 0 Å². The Balaban J connectivity index is 3.34. The first-order valence-corrected chi connectivity index (χ1v) is 4.10. The minimum Gasteiger partial charge on any atom is -0.395 e. The third-order valence-electron chi connectivity index (χ3n) is 1.08. The van der Waals surface area contributed by atoms with E-state index >= 15 is 0 Å². The van der Waals surface area contributed by atoms with Gasteiger partial charge >= 0.3 is 0 Å². The summed E-state index contributed by atoms with van der Waals surface area (Å²) in [6, 6.07) is 3.28. The maximum atomic E-state index is 12.8. The highest BCUT2D eigenvalue weighted by atomic mass is 79.9. The number of hydrogen-bond acceptors (Lipinski definition) is 1. The predicted octanol–water partition coefficient (Wildman–Crippen LogP) is 2.93. The molecule has 1 nitrogen and oxygen atoms in total. The Morgan fingerprint density at radius 1 is 1.20 bits per heavy atom. The molecule has 0 aliphatic heterocycles. The molecule has 0 unspecified atom stereocenters. The Bertz CT molecular complexity index is 235. The topological polar surface area (TPSA) is 26.0 Å². The fourth-order valence-electron chi connectivity index (χ4n) is 0.543. The summed E-state index contributed by atoms with van der Waals surface area (Å²) < 4.78 is 13.7. The van der Waals surface area contributed by atoms with Gasteiger partial charge in [0.05, 0.1) is 10.2 Å². The van der Waals surface area contributed by atoms with E-state index in [0.717, 1.165) is 0 Å². The Morgan fingerprint density at radius 2 is 1.70 bits per heavy atom. The number of nitrogens with two attached hydrogens (primary N) is 1. The van der Waals surface area contributed by atoms with E-state index in [0.29, 0.717) is 8.95 Å². The molecule has 0 saturated heterocycles. The molecule has 10 heavy (non-hydrogen) atoms. The van der Waals surface area contributed by atoms with Crippen molar-refractivity contribution in [1.82, 2.24) is 0 Å². The second-order valence-electron chi connectivity index (χ2n) is 1.76. The summed E-state index contributed by atoms with van der Waals surface area (Å²) in [5.74, 6) is -0.422. The Morgan fingerprint density at radius 3 is 2.20 bits per heavy atom. The lowest BCUT2D eigenvalue weighted by Gasteiger charge is -1.99. The summed E-state index contributed by atoms with van der Waals surface area (Å²) in [4.78, 5) is 0. The second-order valence-corrected chi connectivity index (χ2v) is 3.47. The van der Waals surface area contributed by atoms with Gasteiger partial charge in [-0.1, -0.05) is 0 Å². The van der Waals surface area contributed by atoms with Crippen molar-refractivity contribution in [3.63, 3.8) is 0 Å². The van der Waals surface area contributed by atoms with Crippen LogP contribution in [0.2, 0.25) is 0 Å². The standard InChI is InChI=1S/C6H4Br2FN/c7-3-1-2-4(8)6(10)5(3)9/h1-2H,10H2. The van der Waals surface area contributed by atoms with Crippen molar-refractivity contribution < 1.29 is 4.39 Å². The molecule has 0 fully saturated rings. The molecule has 2 N–H and O–H groups in total. The number of anilines is 1. The van der Waals surface area contributed by atoms with E-state index in [1.165, 1.54) is 0 Å². The van der Waals surface area contributed by atoms with Crippen molar-refractivity contribution in [3.05, 3.63) is 26.9 Å². The van der Waals surface area contributed by atoms with E-state index in [-0.39, 0.29) is 5.69 Å². The van der Waals surface area contributed by atoms with Crippen LogP contribution in [-0.2, 0) is 0 Å². The molecule has 4 heteroatoms. The minimum atomic E-state index is -0.422. The largest absolute Gasteiger partial charge is 0.395 e. The molecule has 0 spiro atoms. The fraction of sp³-hybridized carbons (Fsp3) is 0. The van der Waals surface area contributed by atoms with Crippen LogP contribution in [0.4, 0.5) is 10.1 Å². The van der Waals surface area contributed by atoms with Gasteiger partial charge in [-0.15, -0.1) is 0 Å². The van der Waals surface area contributed by atoms with Crippen molar-refractivity contribution in [2.75, 3.05) is 5.73 Å². The van der Waals surface area contributed by atoms with E-state index in [9.17, 15) is 4.39 Å². The molecular formula is C6H4Br2FN. The van der Waals surface area contributed by atoms with Crippen LogP contribution >= 0.6 is 31.9 Å². The molecular weight excluding hydrogens is 265 g/mol. The van der Waals surface area contributed by atoms with Crippen LogP contribution in [0.15, 0.2) is 21.1 Å². The normalized spacial score (nSPS) is 9.90. The molecule has 0 radical (unpaired) electrons.